The van der Waals surface area contributed by atoms with E-state index in [0.29, 0.717) is 23.4 Å². The van der Waals surface area contributed by atoms with Crippen molar-refractivity contribution in [2.24, 2.45) is 5.11 Å². The molecule has 0 spiro atoms. The molecule has 0 bridgehead atoms. The number of halogens is 1. The van der Waals surface area contributed by atoms with E-state index in [1.807, 2.05) is 0 Å². The predicted octanol–water partition coefficient (Wildman–Crippen LogP) is 3.48. The molecule has 0 fully saturated rings. The largest absolute Gasteiger partial charge is 0.298 e. The molecule has 1 aromatic carbocycles. The topological polar surface area (TPSA) is 65.8 Å². The highest BCUT2D eigenvalue weighted by atomic mass is 35.5. The van der Waals surface area contributed by atoms with Gasteiger partial charge in [0.1, 0.15) is 0 Å². The fourth-order valence-corrected chi connectivity index (χ4v) is 1.25. The number of azide groups is 1. The van der Waals surface area contributed by atoms with Gasteiger partial charge in [0.05, 0.1) is 5.02 Å². The van der Waals surface area contributed by atoms with Crippen molar-refractivity contribution >= 4 is 24.0 Å². The summed E-state index contributed by atoms with van der Waals surface area (Å²) in [5.74, 6) is 0. The molecule has 0 aliphatic rings. The van der Waals surface area contributed by atoms with Crippen molar-refractivity contribution in [3.8, 4) is 0 Å². The Balaban J connectivity index is 2.79. The predicted molar refractivity (Wildman–Crippen MR) is 59.9 cm³/mol. The molecule has 0 amide bonds. The van der Waals surface area contributed by atoms with Crippen LogP contribution >= 0.6 is 11.6 Å². The standard InChI is InChI=1S/C10H8ClN3O/c11-10-6-8(2-1-5-13-14-12)3-4-9(10)7-15/h1-4,6-7H,5H2. The van der Waals surface area contributed by atoms with Gasteiger partial charge >= 0.3 is 0 Å². The first-order valence-electron chi connectivity index (χ1n) is 4.20. The number of benzene rings is 1. The van der Waals surface area contributed by atoms with E-state index < -0.39 is 0 Å². The molecule has 0 aliphatic carbocycles. The zero-order valence-electron chi connectivity index (χ0n) is 7.80. The fourth-order valence-electron chi connectivity index (χ4n) is 1.02. The van der Waals surface area contributed by atoms with Crippen LogP contribution in [0.2, 0.25) is 5.02 Å². The molecule has 0 radical (unpaired) electrons. The molecule has 1 aromatic rings. The summed E-state index contributed by atoms with van der Waals surface area (Å²) in [5, 5.41) is 3.76. The third-order valence-corrected chi connectivity index (χ3v) is 2.04. The number of carbonyl (C=O) groups excluding carboxylic acids is 1. The summed E-state index contributed by atoms with van der Waals surface area (Å²) in [6.07, 6.45) is 4.19. The zero-order valence-corrected chi connectivity index (χ0v) is 8.55. The second-order valence-electron chi connectivity index (χ2n) is 2.71. The minimum Gasteiger partial charge on any atom is -0.298 e. The summed E-state index contributed by atoms with van der Waals surface area (Å²) in [6.45, 7) is 0.295. The van der Waals surface area contributed by atoms with E-state index in [1.165, 1.54) is 0 Å². The van der Waals surface area contributed by atoms with Gasteiger partial charge in [-0.15, -0.1) is 0 Å². The normalized spacial score (nSPS) is 9.93. The molecular formula is C10H8ClN3O. The van der Waals surface area contributed by atoms with Crippen LogP contribution in [-0.4, -0.2) is 12.8 Å². The Bertz CT molecular complexity index is 436. The maximum Gasteiger partial charge on any atom is 0.151 e. The van der Waals surface area contributed by atoms with E-state index >= 15 is 0 Å². The lowest BCUT2D eigenvalue weighted by atomic mass is 10.1. The van der Waals surface area contributed by atoms with Gasteiger partial charge < -0.3 is 0 Å². The van der Waals surface area contributed by atoms with E-state index in [4.69, 9.17) is 17.1 Å². The van der Waals surface area contributed by atoms with Gasteiger partial charge in [-0.2, -0.15) is 0 Å². The summed E-state index contributed by atoms with van der Waals surface area (Å²) in [6, 6.07) is 5.09. The third kappa shape index (κ3) is 3.46. The van der Waals surface area contributed by atoms with Crippen LogP contribution in [0.3, 0.4) is 0 Å². The lowest BCUT2D eigenvalue weighted by Crippen LogP contribution is -1.82. The molecule has 0 aliphatic heterocycles. The molecule has 0 aromatic heterocycles. The Morgan fingerprint density at radius 2 is 2.33 bits per heavy atom. The van der Waals surface area contributed by atoms with Gasteiger partial charge in [-0.25, -0.2) is 0 Å². The maximum absolute atomic E-state index is 10.5. The molecule has 76 valence electrons. The van der Waals surface area contributed by atoms with Crippen LogP contribution in [0.25, 0.3) is 16.5 Å². The van der Waals surface area contributed by atoms with Crippen molar-refractivity contribution in [1.82, 2.24) is 0 Å². The highest BCUT2D eigenvalue weighted by Crippen LogP contribution is 2.16. The summed E-state index contributed by atoms with van der Waals surface area (Å²) in [5.41, 5.74) is 9.36. The molecule has 4 nitrogen and oxygen atoms in total. The van der Waals surface area contributed by atoms with Crippen molar-refractivity contribution in [2.75, 3.05) is 6.54 Å². The Morgan fingerprint density at radius 3 is 2.93 bits per heavy atom. The summed E-state index contributed by atoms with van der Waals surface area (Å²) in [4.78, 5) is 13.1. The van der Waals surface area contributed by atoms with Crippen molar-refractivity contribution in [1.29, 1.82) is 0 Å². The van der Waals surface area contributed by atoms with Crippen LogP contribution in [-0.2, 0) is 0 Å². The van der Waals surface area contributed by atoms with Gasteiger partial charge in [0.15, 0.2) is 6.29 Å². The summed E-state index contributed by atoms with van der Waals surface area (Å²) >= 11 is 5.82. The van der Waals surface area contributed by atoms with Crippen LogP contribution in [0.15, 0.2) is 29.4 Å². The van der Waals surface area contributed by atoms with Gasteiger partial charge in [-0.05, 0) is 23.2 Å². The number of nitrogens with zero attached hydrogens (tertiary/aromatic N) is 3. The fraction of sp³-hybridized carbons (Fsp3) is 0.100. The molecule has 0 unspecified atom stereocenters. The van der Waals surface area contributed by atoms with Crippen LogP contribution < -0.4 is 0 Å². The highest BCUT2D eigenvalue weighted by Gasteiger charge is 1.97. The van der Waals surface area contributed by atoms with Crippen LogP contribution in [0.5, 0.6) is 0 Å². The number of aldehydes is 1. The second-order valence-corrected chi connectivity index (χ2v) is 3.12. The minimum absolute atomic E-state index is 0.295. The second kappa shape index (κ2) is 5.86. The van der Waals surface area contributed by atoms with Crippen molar-refractivity contribution in [3.05, 3.63) is 50.9 Å². The lowest BCUT2D eigenvalue weighted by Gasteiger charge is -1.97. The number of hydrogen-bond acceptors (Lipinski definition) is 2. The number of carbonyl (C=O) groups is 1. The van der Waals surface area contributed by atoms with Crippen molar-refractivity contribution in [3.63, 3.8) is 0 Å². The Hall–Kier alpha value is -1.77. The molecule has 1 rings (SSSR count). The number of hydrogen-bond donors (Lipinski definition) is 0. The van der Waals surface area contributed by atoms with Gasteiger partial charge in [0, 0.05) is 17.0 Å². The van der Waals surface area contributed by atoms with E-state index in [1.54, 1.807) is 30.4 Å². The number of rotatable bonds is 4. The molecule has 0 N–H and O–H groups in total. The monoisotopic (exact) mass is 221 g/mol. The maximum atomic E-state index is 10.5. The Morgan fingerprint density at radius 1 is 1.53 bits per heavy atom. The van der Waals surface area contributed by atoms with Crippen molar-refractivity contribution < 1.29 is 4.79 Å². The quantitative estimate of drug-likeness (QED) is 0.332. The Kier molecular flexibility index (Phi) is 4.41. The molecular weight excluding hydrogens is 214 g/mol. The molecule has 5 heteroatoms. The van der Waals surface area contributed by atoms with E-state index in [2.05, 4.69) is 10.0 Å². The SMILES string of the molecule is [N-]=[N+]=NCC=Cc1ccc(C=O)c(Cl)c1. The van der Waals surface area contributed by atoms with Crippen LogP contribution in [0.1, 0.15) is 15.9 Å². The van der Waals surface area contributed by atoms with Gasteiger partial charge in [-0.3, -0.25) is 4.79 Å². The molecule has 0 heterocycles. The average molecular weight is 222 g/mol. The van der Waals surface area contributed by atoms with E-state index in [-0.39, 0.29) is 0 Å². The van der Waals surface area contributed by atoms with Crippen LogP contribution in [0, 0.1) is 0 Å². The lowest BCUT2D eigenvalue weighted by molar-refractivity contribution is 0.112. The first-order valence-corrected chi connectivity index (χ1v) is 4.58. The van der Waals surface area contributed by atoms with Gasteiger partial charge in [0.25, 0.3) is 0 Å². The minimum atomic E-state index is 0.295. The highest BCUT2D eigenvalue weighted by molar-refractivity contribution is 6.33. The van der Waals surface area contributed by atoms with Crippen LogP contribution in [0.4, 0.5) is 0 Å². The average Bonchev–Trinajstić information content (AvgIpc) is 2.25. The first-order chi connectivity index (χ1) is 7.27. The summed E-state index contributed by atoms with van der Waals surface area (Å²) in [7, 11) is 0. The van der Waals surface area contributed by atoms with Crippen molar-refractivity contribution in [2.45, 2.75) is 0 Å². The van der Waals surface area contributed by atoms with Gasteiger partial charge in [0.2, 0.25) is 0 Å². The molecule has 0 saturated heterocycles. The third-order valence-electron chi connectivity index (χ3n) is 1.71. The zero-order chi connectivity index (χ0) is 11.1. The molecule has 0 saturated carbocycles. The smallest absolute Gasteiger partial charge is 0.151 e. The summed E-state index contributed by atoms with van der Waals surface area (Å²) < 4.78 is 0. The van der Waals surface area contributed by atoms with E-state index in [9.17, 15) is 4.79 Å². The van der Waals surface area contributed by atoms with Gasteiger partial charge in [-0.1, -0.05) is 34.9 Å². The van der Waals surface area contributed by atoms with E-state index in [0.717, 1.165) is 5.56 Å². The Labute approximate surface area is 91.8 Å². The molecule has 0 atom stereocenters. The first kappa shape index (κ1) is 11.3. The molecule has 15 heavy (non-hydrogen) atoms.